The highest BCUT2D eigenvalue weighted by atomic mass is 79.9. The number of nitrogens with one attached hydrogen (secondary N) is 1. The summed E-state index contributed by atoms with van der Waals surface area (Å²) in [5.41, 5.74) is 1.78. The van der Waals surface area contributed by atoms with Gasteiger partial charge in [-0.05, 0) is 51.8 Å². The van der Waals surface area contributed by atoms with Crippen LogP contribution in [0.3, 0.4) is 0 Å². The molecule has 6 heteroatoms. The Morgan fingerprint density at radius 1 is 1.19 bits per heavy atom. The van der Waals surface area contributed by atoms with Crippen LogP contribution in [0.25, 0.3) is 0 Å². The van der Waals surface area contributed by atoms with Gasteiger partial charge in [0.1, 0.15) is 19.0 Å². The highest BCUT2D eigenvalue weighted by molar-refractivity contribution is 9.10. The van der Waals surface area contributed by atoms with Crippen molar-refractivity contribution in [3.05, 3.63) is 51.2 Å². The fourth-order valence-corrected chi connectivity index (χ4v) is 2.86. The lowest BCUT2D eigenvalue weighted by molar-refractivity contribution is 0.170. The van der Waals surface area contributed by atoms with E-state index in [4.69, 9.17) is 21.1 Å². The second-order valence-corrected chi connectivity index (χ2v) is 5.85. The van der Waals surface area contributed by atoms with Gasteiger partial charge in [-0.2, -0.15) is 0 Å². The van der Waals surface area contributed by atoms with Crippen molar-refractivity contribution < 1.29 is 13.9 Å². The Morgan fingerprint density at radius 2 is 2.00 bits per heavy atom. The van der Waals surface area contributed by atoms with Crippen molar-refractivity contribution in [2.24, 2.45) is 0 Å². The first-order valence-electron chi connectivity index (χ1n) is 6.40. The molecule has 0 bridgehead atoms. The lowest BCUT2D eigenvalue weighted by Crippen LogP contribution is -2.16. The van der Waals surface area contributed by atoms with E-state index in [2.05, 4.69) is 21.2 Å². The Hall–Kier alpha value is -1.46. The molecule has 0 radical (unpaired) electrons. The maximum Gasteiger partial charge on any atom is 0.175 e. The minimum atomic E-state index is -0.427. The lowest BCUT2D eigenvalue weighted by Gasteiger charge is -2.20. The molecule has 0 amide bonds. The molecule has 2 aromatic carbocycles. The second kappa shape index (κ2) is 6.12. The van der Waals surface area contributed by atoms with Crippen molar-refractivity contribution in [1.82, 2.24) is 0 Å². The Morgan fingerprint density at radius 3 is 2.81 bits per heavy atom. The molecule has 3 nitrogen and oxygen atoms in total. The number of hydrogen-bond donors (Lipinski definition) is 1. The van der Waals surface area contributed by atoms with Crippen LogP contribution < -0.4 is 14.8 Å². The maximum absolute atomic E-state index is 13.1. The smallest absolute Gasteiger partial charge is 0.175 e. The first-order valence-corrected chi connectivity index (χ1v) is 7.57. The quantitative estimate of drug-likeness (QED) is 0.852. The molecule has 1 N–H and O–H groups in total. The van der Waals surface area contributed by atoms with Crippen LogP contribution in [0.1, 0.15) is 5.56 Å². The molecule has 0 aliphatic carbocycles. The molecule has 0 spiro atoms. The van der Waals surface area contributed by atoms with Crippen LogP contribution in [0.2, 0.25) is 5.02 Å². The first kappa shape index (κ1) is 14.5. The van der Waals surface area contributed by atoms with E-state index >= 15 is 0 Å². The number of benzene rings is 2. The van der Waals surface area contributed by atoms with Crippen molar-refractivity contribution in [2.45, 2.75) is 6.54 Å². The number of hydrogen-bond acceptors (Lipinski definition) is 3. The lowest BCUT2D eigenvalue weighted by atomic mass is 10.2. The Labute approximate surface area is 135 Å². The van der Waals surface area contributed by atoms with Crippen LogP contribution in [-0.2, 0) is 6.54 Å². The minimum absolute atomic E-state index is 0.100. The predicted molar refractivity (Wildman–Crippen MR) is 83.9 cm³/mol. The zero-order valence-corrected chi connectivity index (χ0v) is 13.3. The van der Waals surface area contributed by atoms with E-state index in [-0.39, 0.29) is 5.02 Å². The van der Waals surface area contributed by atoms with E-state index in [1.165, 1.54) is 6.07 Å². The molecular formula is C15H12BrClFNO2. The van der Waals surface area contributed by atoms with E-state index in [0.29, 0.717) is 19.8 Å². The SMILES string of the molecule is Fc1ccc(NCc2cc(Br)c3c(c2)OCCO3)cc1Cl. The fourth-order valence-electron chi connectivity index (χ4n) is 2.08. The third-order valence-electron chi connectivity index (χ3n) is 3.07. The Balaban J connectivity index is 1.76. The number of ether oxygens (including phenoxy) is 2. The zero-order valence-electron chi connectivity index (χ0n) is 11.0. The highest BCUT2D eigenvalue weighted by Gasteiger charge is 2.16. The highest BCUT2D eigenvalue weighted by Crippen LogP contribution is 2.38. The van der Waals surface area contributed by atoms with Crippen molar-refractivity contribution in [1.29, 1.82) is 0 Å². The summed E-state index contributed by atoms with van der Waals surface area (Å²) in [6.45, 7) is 1.67. The molecule has 0 unspecified atom stereocenters. The number of rotatable bonds is 3. The van der Waals surface area contributed by atoms with Gasteiger partial charge in [-0.25, -0.2) is 4.39 Å². The largest absolute Gasteiger partial charge is 0.486 e. The molecule has 0 saturated heterocycles. The van der Waals surface area contributed by atoms with Crippen molar-refractivity contribution >= 4 is 33.2 Å². The van der Waals surface area contributed by atoms with Crippen LogP contribution >= 0.6 is 27.5 Å². The summed E-state index contributed by atoms with van der Waals surface area (Å²) in [6, 6.07) is 8.44. The van der Waals surface area contributed by atoms with Crippen molar-refractivity contribution in [3.8, 4) is 11.5 Å². The topological polar surface area (TPSA) is 30.5 Å². The molecule has 2 aromatic rings. The molecule has 110 valence electrons. The Bertz CT molecular complexity index is 681. The van der Waals surface area contributed by atoms with Gasteiger partial charge in [-0.3, -0.25) is 0 Å². The normalized spacial score (nSPS) is 13.1. The van der Waals surface area contributed by atoms with E-state index < -0.39 is 5.82 Å². The third-order valence-corrected chi connectivity index (χ3v) is 3.95. The van der Waals surface area contributed by atoms with Gasteiger partial charge in [0, 0.05) is 12.2 Å². The van der Waals surface area contributed by atoms with Crippen LogP contribution in [-0.4, -0.2) is 13.2 Å². The van der Waals surface area contributed by atoms with Gasteiger partial charge < -0.3 is 14.8 Å². The molecule has 0 atom stereocenters. The van der Waals surface area contributed by atoms with E-state index in [1.807, 2.05) is 12.1 Å². The van der Waals surface area contributed by atoms with Crippen LogP contribution in [0.5, 0.6) is 11.5 Å². The number of halogens is 3. The van der Waals surface area contributed by atoms with Gasteiger partial charge in [0.05, 0.1) is 9.50 Å². The van der Waals surface area contributed by atoms with Gasteiger partial charge in [-0.15, -0.1) is 0 Å². The van der Waals surface area contributed by atoms with Crippen LogP contribution in [0.4, 0.5) is 10.1 Å². The van der Waals surface area contributed by atoms with Gasteiger partial charge in [0.15, 0.2) is 11.5 Å². The van der Waals surface area contributed by atoms with Gasteiger partial charge in [0.2, 0.25) is 0 Å². The van der Waals surface area contributed by atoms with E-state index in [1.54, 1.807) is 12.1 Å². The van der Waals surface area contributed by atoms with Crippen molar-refractivity contribution in [2.75, 3.05) is 18.5 Å². The molecule has 0 aromatic heterocycles. The summed E-state index contributed by atoms with van der Waals surface area (Å²) in [6.07, 6.45) is 0. The molecule has 0 saturated carbocycles. The van der Waals surface area contributed by atoms with E-state index in [0.717, 1.165) is 27.2 Å². The standard InChI is InChI=1S/C15H12BrClFNO2/c16-11-5-9(6-14-15(11)21-4-3-20-14)8-19-10-1-2-13(18)12(17)7-10/h1-2,5-7,19H,3-4,8H2. The summed E-state index contributed by atoms with van der Waals surface area (Å²) in [4.78, 5) is 0. The van der Waals surface area contributed by atoms with Gasteiger partial charge in [-0.1, -0.05) is 11.6 Å². The summed E-state index contributed by atoms with van der Waals surface area (Å²) in [5.74, 6) is 1.03. The van der Waals surface area contributed by atoms with Crippen LogP contribution in [0.15, 0.2) is 34.8 Å². The minimum Gasteiger partial charge on any atom is -0.486 e. The monoisotopic (exact) mass is 371 g/mol. The third kappa shape index (κ3) is 3.24. The predicted octanol–water partition coefficient (Wildman–Crippen LogP) is 4.62. The molecule has 1 aliphatic rings. The summed E-state index contributed by atoms with van der Waals surface area (Å²) < 4.78 is 25.1. The van der Waals surface area contributed by atoms with Gasteiger partial charge >= 0.3 is 0 Å². The Kier molecular flexibility index (Phi) is 4.22. The molecule has 1 aliphatic heterocycles. The molecule has 1 heterocycles. The molecule has 3 rings (SSSR count). The average molecular weight is 373 g/mol. The fraction of sp³-hybridized carbons (Fsp3) is 0.200. The summed E-state index contributed by atoms with van der Waals surface area (Å²) >= 11 is 9.23. The number of anilines is 1. The first-order chi connectivity index (χ1) is 10.1. The summed E-state index contributed by atoms with van der Waals surface area (Å²) in [5, 5.41) is 3.30. The van der Waals surface area contributed by atoms with Crippen molar-refractivity contribution in [3.63, 3.8) is 0 Å². The second-order valence-electron chi connectivity index (χ2n) is 4.58. The van der Waals surface area contributed by atoms with E-state index in [9.17, 15) is 4.39 Å². The number of fused-ring (bicyclic) bond motifs is 1. The molecule has 21 heavy (non-hydrogen) atoms. The van der Waals surface area contributed by atoms with Crippen LogP contribution in [0, 0.1) is 5.82 Å². The maximum atomic E-state index is 13.1. The van der Waals surface area contributed by atoms with Gasteiger partial charge in [0.25, 0.3) is 0 Å². The summed E-state index contributed by atoms with van der Waals surface area (Å²) in [7, 11) is 0. The average Bonchev–Trinajstić information content (AvgIpc) is 2.49. The zero-order chi connectivity index (χ0) is 14.8. The molecular weight excluding hydrogens is 361 g/mol. The molecule has 0 fully saturated rings.